The van der Waals surface area contributed by atoms with Gasteiger partial charge in [-0.1, -0.05) is 12.1 Å². The van der Waals surface area contributed by atoms with Gasteiger partial charge < -0.3 is 9.80 Å². The third-order valence-corrected chi connectivity index (χ3v) is 7.08. The Kier molecular flexibility index (Phi) is 5.41. The van der Waals surface area contributed by atoms with Gasteiger partial charge in [-0.05, 0) is 69.8 Å². The van der Waals surface area contributed by atoms with Gasteiger partial charge in [0.1, 0.15) is 0 Å². The van der Waals surface area contributed by atoms with Gasteiger partial charge >= 0.3 is 5.69 Å². The van der Waals surface area contributed by atoms with Crippen molar-refractivity contribution in [1.29, 1.82) is 5.26 Å². The molecule has 4 aromatic rings. The first-order chi connectivity index (χ1) is 16.3. The van der Waals surface area contributed by atoms with Gasteiger partial charge in [0, 0.05) is 37.8 Å². The Hall–Kier alpha value is -3.63. The average Bonchev–Trinajstić information content (AvgIpc) is 2.97. The standard InChI is InChI=1S/C27H30N6O/c1-27(2,18-28)19-6-8-20(9-7-19)33-25-22-16-21(32-13-5-12-30(3)14-15-32)10-11-23(22)29-17-24(25)31(4)26(33)34/h6-11,16-17H,5,12-15H2,1-4H3. The van der Waals surface area contributed by atoms with Crippen molar-refractivity contribution in [3.8, 4) is 11.8 Å². The maximum atomic E-state index is 13.4. The van der Waals surface area contributed by atoms with E-state index in [1.807, 2.05) is 38.1 Å². The quantitative estimate of drug-likeness (QED) is 0.471. The van der Waals surface area contributed by atoms with Crippen molar-refractivity contribution >= 4 is 27.6 Å². The van der Waals surface area contributed by atoms with Crippen molar-refractivity contribution < 1.29 is 0 Å². The number of hydrogen-bond donors (Lipinski definition) is 0. The van der Waals surface area contributed by atoms with Crippen molar-refractivity contribution in [1.82, 2.24) is 19.0 Å². The summed E-state index contributed by atoms with van der Waals surface area (Å²) in [5.41, 5.74) is 4.68. The highest BCUT2D eigenvalue weighted by atomic mass is 16.1. The number of rotatable bonds is 3. The summed E-state index contributed by atoms with van der Waals surface area (Å²) >= 11 is 0. The molecule has 0 aliphatic carbocycles. The first-order valence-electron chi connectivity index (χ1n) is 11.8. The molecule has 0 radical (unpaired) electrons. The number of imidazole rings is 1. The monoisotopic (exact) mass is 454 g/mol. The summed E-state index contributed by atoms with van der Waals surface area (Å²) in [4.78, 5) is 22.8. The van der Waals surface area contributed by atoms with E-state index in [1.165, 1.54) is 0 Å². The maximum absolute atomic E-state index is 13.4. The molecule has 0 atom stereocenters. The van der Waals surface area contributed by atoms with Gasteiger partial charge in [0.15, 0.2) is 0 Å². The lowest BCUT2D eigenvalue weighted by Crippen LogP contribution is -2.28. The Morgan fingerprint density at radius 1 is 0.971 bits per heavy atom. The number of pyridine rings is 1. The van der Waals surface area contributed by atoms with Gasteiger partial charge in [0.05, 0.1) is 39.9 Å². The van der Waals surface area contributed by atoms with Crippen molar-refractivity contribution in [3.63, 3.8) is 0 Å². The molecule has 7 nitrogen and oxygen atoms in total. The van der Waals surface area contributed by atoms with E-state index in [-0.39, 0.29) is 5.69 Å². The molecule has 0 N–H and O–H groups in total. The highest BCUT2D eigenvalue weighted by Gasteiger charge is 2.21. The molecule has 2 aromatic carbocycles. The van der Waals surface area contributed by atoms with Gasteiger partial charge in [0.25, 0.3) is 0 Å². The van der Waals surface area contributed by atoms with Crippen LogP contribution < -0.4 is 10.6 Å². The van der Waals surface area contributed by atoms with Crippen LogP contribution in [-0.4, -0.2) is 52.2 Å². The van der Waals surface area contributed by atoms with Crippen LogP contribution in [0.5, 0.6) is 0 Å². The largest absolute Gasteiger partial charge is 0.370 e. The second kappa shape index (κ2) is 8.30. The van der Waals surface area contributed by atoms with Crippen LogP contribution in [0.15, 0.2) is 53.5 Å². The van der Waals surface area contributed by atoms with Crippen LogP contribution in [0.4, 0.5) is 5.69 Å². The molecule has 5 rings (SSSR count). The molecule has 7 heteroatoms. The second-order valence-corrected chi connectivity index (χ2v) is 9.80. The molecule has 174 valence electrons. The van der Waals surface area contributed by atoms with Gasteiger partial charge in [0.2, 0.25) is 0 Å². The molecule has 1 fully saturated rings. The summed E-state index contributed by atoms with van der Waals surface area (Å²) in [7, 11) is 3.96. The lowest BCUT2D eigenvalue weighted by molar-refractivity contribution is 0.360. The van der Waals surface area contributed by atoms with Crippen LogP contribution in [0.3, 0.4) is 0 Å². The molecule has 0 unspecified atom stereocenters. The van der Waals surface area contributed by atoms with Crippen molar-refractivity contribution in [2.24, 2.45) is 7.05 Å². The van der Waals surface area contributed by atoms with E-state index >= 15 is 0 Å². The molecular weight excluding hydrogens is 424 g/mol. The number of hydrogen-bond acceptors (Lipinski definition) is 5. The van der Waals surface area contributed by atoms with E-state index in [0.29, 0.717) is 0 Å². The third-order valence-electron chi connectivity index (χ3n) is 7.08. The SMILES string of the molecule is CN1CCCN(c2ccc3ncc4c(c3c2)n(-c2ccc(C(C)(C)C#N)cc2)c(=O)n4C)CC1. The minimum atomic E-state index is -0.588. The van der Waals surface area contributed by atoms with E-state index in [9.17, 15) is 10.1 Å². The fourth-order valence-electron chi connectivity index (χ4n) is 4.82. The van der Waals surface area contributed by atoms with Crippen LogP contribution >= 0.6 is 0 Å². The molecule has 0 bridgehead atoms. The molecule has 0 spiro atoms. The minimum absolute atomic E-state index is 0.113. The summed E-state index contributed by atoms with van der Waals surface area (Å²) < 4.78 is 3.42. The Morgan fingerprint density at radius 3 is 2.44 bits per heavy atom. The Balaban J connectivity index is 1.69. The number of fused-ring (bicyclic) bond motifs is 3. The Labute approximate surface area is 199 Å². The second-order valence-electron chi connectivity index (χ2n) is 9.80. The molecule has 34 heavy (non-hydrogen) atoms. The summed E-state index contributed by atoms with van der Waals surface area (Å²) in [6, 6.07) is 16.4. The third kappa shape index (κ3) is 3.64. The number of nitriles is 1. The van der Waals surface area contributed by atoms with Crippen LogP contribution in [0.2, 0.25) is 0 Å². The van der Waals surface area contributed by atoms with E-state index < -0.39 is 5.41 Å². The van der Waals surface area contributed by atoms with Crippen LogP contribution in [0.25, 0.3) is 27.6 Å². The summed E-state index contributed by atoms with van der Waals surface area (Å²) in [6.07, 6.45) is 2.90. The van der Waals surface area contributed by atoms with Crippen LogP contribution in [-0.2, 0) is 12.5 Å². The van der Waals surface area contributed by atoms with E-state index in [0.717, 1.165) is 71.5 Å². The van der Waals surface area contributed by atoms with Crippen molar-refractivity contribution in [2.75, 3.05) is 38.1 Å². The highest BCUT2D eigenvalue weighted by molar-refractivity contribution is 6.04. The molecule has 1 aliphatic rings. The first-order valence-corrected chi connectivity index (χ1v) is 11.8. The number of anilines is 1. The molecular formula is C27H30N6O. The van der Waals surface area contributed by atoms with Gasteiger partial charge in [-0.3, -0.25) is 14.1 Å². The fourth-order valence-corrected chi connectivity index (χ4v) is 4.82. The number of nitrogens with zero attached hydrogens (tertiary/aromatic N) is 6. The molecule has 0 amide bonds. The van der Waals surface area contributed by atoms with E-state index in [4.69, 9.17) is 0 Å². The number of aryl methyl sites for hydroxylation is 1. The molecule has 1 aliphatic heterocycles. The van der Waals surface area contributed by atoms with Gasteiger partial charge in [-0.2, -0.15) is 5.26 Å². The average molecular weight is 455 g/mol. The van der Waals surface area contributed by atoms with Gasteiger partial charge in [-0.25, -0.2) is 4.79 Å². The van der Waals surface area contributed by atoms with Crippen molar-refractivity contribution in [2.45, 2.75) is 25.7 Å². The van der Waals surface area contributed by atoms with Crippen molar-refractivity contribution in [3.05, 3.63) is 64.7 Å². The molecule has 2 aromatic heterocycles. The smallest absolute Gasteiger partial charge is 0.333 e. The van der Waals surface area contributed by atoms with E-state index in [2.05, 4.69) is 46.1 Å². The summed E-state index contributed by atoms with van der Waals surface area (Å²) in [5.74, 6) is 0. The summed E-state index contributed by atoms with van der Waals surface area (Å²) in [6.45, 7) is 7.91. The van der Waals surface area contributed by atoms with Crippen LogP contribution in [0, 0.1) is 11.3 Å². The first kappa shape index (κ1) is 22.2. The Morgan fingerprint density at radius 2 is 1.71 bits per heavy atom. The Bertz CT molecular complexity index is 1470. The topological polar surface area (TPSA) is 70.1 Å². The number of benzene rings is 2. The zero-order valence-corrected chi connectivity index (χ0v) is 20.2. The zero-order chi connectivity index (χ0) is 24.0. The fraction of sp³-hybridized carbons (Fsp3) is 0.370. The van der Waals surface area contributed by atoms with Gasteiger partial charge in [-0.15, -0.1) is 0 Å². The van der Waals surface area contributed by atoms with E-state index in [1.54, 1.807) is 22.4 Å². The van der Waals surface area contributed by atoms with Crippen LogP contribution in [0.1, 0.15) is 25.8 Å². The normalized spacial score (nSPS) is 15.6. The number of likely N-dealkylation sites (N-methyl/N-ethyl adjacent to an activating group) is 1. The predicted molar refractivity (Wildman–Crippen MR) is 137 cm³/mol. The predicted octanol–water partition coefficient (Wildman–Crippen LogP) is 3.82. The zero-order valence-electron chi connectivity index (χ0n) is 20.2. The summed E-state index contributed by atoms with van der Waals surface area (Å²) in [5, 5.41) is 10.4. The molecule has 3 heterocycles. The lowest BCUT2D eigenvalue weighted by Gasteiger charge is -2.23. The molecule has 1 saturated heterocycles. The number of aromatic nitrogens is 3. The maximum Gasteiger partial charge on any atom is 0.333 e. The lowest BCUT2D eigenvalue weighted by atomic mass is 9.86. The highest BCUT2D eigenvalue weighted by Crippen LogP contribution is 2.30. The minimum Gasteiger partial charge on any atom is -0.370 e. The molecule has 0 saturated carbocycles.